The van der Waals surface area contributed by atoms with E-state index in [1.807, 2.05) is 0 Å². The van der Waals surface area contributed by atoms with E-state index in [1.54, 1.807) is 0 Å². The molecule has 0 spiro atoms. The largest absolute Gasteiger partial charge is 0.456 e. The van der Waals surface area contributed by atoms with Gasteiger partial charge in [-0.1, -0.05) is 0 Å². The fraction of sp³-hybridized carbons (Fsp3) is 0.556. The first-order valence-electron chi connectivity index (χ1n) is 8.98. The highest BCUT2D eigenvalue weighted by Crippen LogP contribution is 2.30. The van der Waals surface area contributed by atoms with E-state index in [9.17, 15) is 24.0 Å². The normalized spacial score (nSPS) is 23.2. The maximum Gasteiger partial charge on any atom is 0.351 e. The second kappa shape index (κ2) is 9.48. The average molecular weight is 425 g/mol. The van der Waals surface area contributed by atoms with Crippen LogP contribution in [0.4, 0.5) is 5.82 Å². The molecule has 0 aromatic carbocycles. The molecule has 2 rings (SSSR count). The lowest BCUT2D eigenvalue weighted by Crippen LogP contribution is -2.56. The number of ether oxygens (including phenoxy) is 4. The number of amides is 1. The lowest BCUT2D eigenvalue weighted by molar-refractivity contribution is -0.240. The molecule has 1 amide bonds. The first-order valence-corrected chi connectivity index (χ1v) is 8.98. The highest BCUT2D eigenvalue weighted by molar-refractivity contribution is 5.89. The first-order chi connectivity index (χ1) is 14.0. The van der Waals surface area contributed by atoms with E-state index in [1.165, 1.54) is 31.1 Å². The molecule has 12 heteroatoms. The van der Waals surface area contributed by atoms with Gasteiger partial charge in [0.1, 0.15) is 5.82 Å². The van der Waals surface area contributed by atoms with Gasteiger partial charge in [-0.25, -0.2) is 4.79 Å². The monoisotopic (exact) mass is 425 g/mol. The molecule has 0 radical (unpaired) electrons. The zero-order valence-electron chi connectivity index (χ0n) is 17.2. The van der Waals surface area contributed by atoms with Gasteiger partial charge >= 0.3 is 23.6 Å². The number of esters is 3. The molecule has 2 heterocycles. The lowest BCUT2D eigenvalue weighted by Gasteiger charge is -2.40. The highest BCUT2D eigenvalue weighted by Gasteiger charge is 2.48. The molecule has 12 nitrogen and oxygen atoms in total. The van der Waals surface area contributed by atoms with Crippen LogP contribution in [-0.4, -0.2) is 65.3 Å². The smallest absolute Gasteiger partial charge is 0.351 e. The average Bonchev–Trinajstić information content (AvgIpc) is 2.63. The van der Waals surface area contributed by atoms with Gasteiger partial charge in [-0.15, -0.1) is 0 Å². The molecule has 1 saturated heterocycles. The Hall–Kier alpha value is -3.28. The molecule has 0 N–H and O–H groups in total. The van der Waals surface area contributed by atoms with E-state index in [0.717, 1.165) is 25.3 Å². The van der Waals surface area contributed by atoms with E-state index in [2.05, 4.69) is 4.98 Å². The molecule has 30 heavy (non-hydrogen) atoms. The second-order valence-corrected chi connectivity index (χ2v) is 6.57. The van der Waals surface area contributed by atoms with Crippen LogP contribution in [0.15, 0.2) is 17.1 Å². The number of anilines is 1. The van der Waals surface area contributed by atoms with Gasteiger partial charge in [0.2, 0.25) is 5.91 Å². The fourth-order valence-corrected chi connectivity index (χ4v) is 2.91. The molecular weight excluding hydrogens is 402 g/mol. The van der Waals surface area contributed by atoms with Gasteiger partial charge in [-0.2, -0.15) is 4.98 Å². The summed E-state index contributed by atoms with van der Waals surface area (Å²) in [4.78, 5) is 63.8. The molecule has 1 fully saturated rings. The molecule has 1 aliphatic rings. The summed E-state index contributed by atoms with van der Waals surface area (Å²) in [7, 11) is 1.45. The zero-order chi connectivity index (χ0) is 22.6. The third-order valence-electron chi connectivity index (χ3n) is 4.23. The Kier molecular flexibility index (Phi) is 7.27. The van der Waals surface area contributed by atoms with Crippen LogP contribution in [0.2, 0.25) is 0 Å². The Balaban J connectivity index is 2.46. The summed E-state index contributed by atoms with van der Waals surface area (Å²) in [5, 5.41) is 0. The highest BCUT2D eigenvalue weighted by atomic mass is 16.6. The summed E-state index contributed by atoms with van der Waals surface area (Å²) >= 11 is 0. The molecule has 1 aromatic heterocycles. The Morgan fingerprint density at radius 2 is 1.60 bits per heavy atom. The predicted octanol–water partition coefficient (Wildman–Crippen LogP) is -0.450. The van der Waals surface area contributed by atoms with Crippen LogP contribution in [0.1, 0.15) is 33.9 Å². The van der Waals surface area contributed by atoms with E-state index < -0.39 is 48.1 Å². The summed E-state index contributed by atoms with van der Waals surface area (Å²) in [6.07, 6.45) is -3.50. The van der Waals surface area contributed by atoms with E-state index in [-0.39, 0.29) is 18.3 Å². The second-order valence-electron chi connectivity index (χ2n) is 6.57. The van der Waals surface area contributed by atoms with Crippen LogP contribution in [-0.2, 0) is 38.1 Å². The molecule has 2 unspecified atom stereocenters. The van der Waals surface area contributed by atoms with Crippen LogP contribution in [0.25, 0.3) is 0 Å². The van der Waals surface area contributed by atoms with Crippen molar-refractivity contribution in [3.8, 4) is 0 Å². The molecular formula is C18H23N3O9. The van der Waals surface area contributed by atoms with Crippen molar-refractivity contribution in [2.75, 3.05) is 18.6 Å². The maximum atomic E-state index is 12.6. The molecule has 4 atom stereocenters. The van der Waals surface area contributed by atoms with Gasteiger partial charge in [0.15, 0.2) is 24.5 Å². The fourth-order valence-electron chi connectivity index (χ4n) is 2.91. The van der Waals surface area contributed by atoms with Crippen molar-refractivity contribution in [2.45, 2.75) is 52.2 Å². The van der Waals surface area contributed by atoms with Crippen LogP contribution in [0.5, 0.6) is 0 Å². The number of carbonyl (C=O) groups excluding carboxylic acids is 4. The Labute approximate surface area is 171 Å². The van der Waals surface area contributed by atoms with E-state index >= 15 is 0 Å². The minimum absolute atomic E-state index is 0.109. The van der Waals surface area contributed by atoms with Gasteiger partial charge in [0, 0.05) is 40.9 Å². The standard InChI is InChI=1S/C18H23N3O9/c1-9(22)20(5)14-6-7-21(18(26)19-14)17-16(30-12(4)25)15(29-11(3)24)13(8-27-17)28-10(2)23/h6-7,13,15-17H,8H2,1-5H3/t13-,15?,16?,17+/m1/s1. The van der Waals surface area contributed by atoms with Gasteiger partial charge in [0.05, 0.1) is 6.61 Å². The Morgan fingerprint density at radius 3 is 2.10 bits per heavy atom. The first kappa shape index (κ1) is 23.0. The van der Waals surface area contributed by atoms with E-state index in [0.29, 0.717) is 0 Å². The molecule has 1 aliphatic heterocycles. The lowest BCUT2D eigenvalue weighted by atomic mass is 10.0. The van der Waals surface area contributed by atoms with Crippen LogP contribution >= 0.6 is 0 Å². The van der Waals surface area contributed by atoms with Crippen molar-refractivity contribution in [1.29, 1.82) is 0 Å². The number of carbonyl (C=O) groups is 4. The summed E-state index contributed by atoms with van der Waals surface area (Å²) in [6.45, 7) is 4.51. The minimum Gasteiger partial charge on any atom is -0.456 e. The van der Waals surface area contributed by atoms with Crippen molar-refractivity contribution >= 4 is 29.6 Å². The zero-order valence-corrected chi connectivity index (χ0v) is 17.2. The van der Waals surface area contributed by atoms with Crippen molar-refractivity contribution in [2.24, 2.45) is 0 Å². The number of aromatic nitrogens is 2. The molecule has 1 aromatic rings. The van der Waals surface area contributed by atoms with Crippen LogP contribution < -0.4 is 10.6 Å². The maximum absolute atomic E-state index is 12.6. The van der Waals surface area contributed by atoms with Crippen molar-refractivity contribution < 1.29 is 38.1 Å². The SMILES string of the molecule is CC(=O)OC1C(OC(C)=O)[C@@H](n2ccc(N(C)C(C)=O)nc2=O)OC[C@H]1OC(C)=O. The number of rotatable bonds is 5. The number of hydrogen-bond acceptors (Lipinski definition) is 10. The molecule has 0 bridgehead atoms. The molecule has 0 aliphatic carbocycles. The topological polar surface area (TPSA) is 143 Å². The van der Waals surface area contributed by atoms with Crippen molar-refractivity contribution in [3.63, 3.8) is 0 Å². The van der Waals surface area contributed by atoms with Crippen molar-refractivity contribution in [3.05, 3.63) is 22.7 Å². The summed E-state index contributed by atoms with van der Waals surface area (Å²) in [5.74, 6) is -2.32. The van der Waals surface area contributed by atoms with Crippen LogP contribution in [0.3, 0.4) is 0 Å². The predicted molar refractivity (Wildman–Crippen MR) is 99.2 cm³/mol. The third kappa shape index (κ3) is 5.41. The molecule has 164 valence electrons. The van der Waals surface area contributed by atoms with Gasteiger partial charge in [0.25, 0.3) is 0 Å². The number of nitrogens with zero attached hydrogens (tertiary/aromatic N) is 3. The van der Waals surface area contributed by atoms with Crippen LogP contribution in [0, 0.1) is 0 Å². The third-order valence-corrected chi connectivity index (χ3v) is 4.23. The van der Waals surface area contributed by atoms with Gasteiger partial charge < -0.3 is 18.9 Å². The summed E-state index contributed by atoms with van der Waals surface area (Å²) < 4.78 is 22.3. The quantitative estimate of drug-likeness (QED) is 0.449. The van der Waals surface area contributed by atoms with Gasteiger partial charge in [-0.3, -0.25) is 28.6 Å². The summed E-state index contributed by atoms with van der Waals surface area (Å²) in [5.41, 5.74) is -0.796. The van der Waals surface area contributed by atoms with Gasteiger partial charge in [-0.05, 0) is 6.07 Å². The summed E-state index contributed by atoms with van der Waals surface area (Å²) in [6, 6.07) is 1.40. The Bertz CT molecular complexity index is 897. The van der Waals surface area contributed by atoms with Crippen molar-refractivity contribution in [1.82, 2.24) is 9.55 Å². The Morgan fingerprint density at radius 1 is 1.03 bits per heavy atom. The minimum atomic E-state index is -1.31. The number of hydrogen-bond donors (Lipinski definition) is 0. The van der Waals surface area contributed by atoms with E-state index in [4.69, 9.17) is 18.9 Å². The molecule has 0 saturated carbocycles.